The molecule has 1 amide bonds. The van der Waals surface area contributed by atoms with E-state index in [4.69, 9.17) is 0 Å². The zero-order valence-corrected chi connectivity index (χ0v) is 13.0. The Morgan fingerprint density at radius 3 is 2.62 bits per heavy atom. The maximum atomic E-state index is 12.8. The molecule has 1 aliphatic carbocycles. The van der Waals surface area contributed by atoms with Gasteiger partial charge < -0.3 is 10.0 Å². The number of hydrogen-bond donors (Lipinski definition) is 1. The number of likely N-dealkylation sites (tertiary alicyclic amines) is 1. The number of amides is 1. The predicted octanol–water partition coefficient (Wildman–Crippen LogP) is 3.13. The molecule has 1 aromatic rings. The number of benzene rings is 1. The Kier molecular flexibility index (Phi) is 4.03. The summed E-state index contributed by atoms with van der Waals surface area (Å²) in [5, 5.41) is 10.0. The molecule has 3 rings (SSSR count). The molecule has 1 saturated heterocycles. The van der Waals surface area contributed by atoms with Crippen molar-refractivity contribution in [3.63, 3.8) is 0 Å². The third kappa shape index (κ3) is 2.71. The number of aliphatic hydroxyl groups is 1. The topological polar surface area (TPSA) is 40.5 Å². The SMILES string of the molecule is Cc1ccc(C2CCCN2C(=O)C2CCCC2O)cc1C. The fourth-order valence-electron chi connectivity index (χ4n) is 3.79. The average Bonchev–Trinajstić information content (AvgIpc) is 3.10. The first kappa shape index (κ1) is 14.6. The summed E-state index contributed by atoms with van der Waals surface area (Å²) in [4.78, 5) is 14.8. The van der Waals surface area contributed by atoms with Gasteiger partial charge in [-0.15, -0.1) is 0 Å². The molecule has 1 saturated carbocycles. The Morgan fingerprint density at radius 2 is 1.95 bits per heavy atom. The summed E-state index contributed by atoms with van der Waals surface area (Å²) in [6, 6.07) is 6.72. The summed E-state index contributed by atoms with van der Waals surface area (Å²) in [6.45, 7) is 5.08. The van der Waals surface area contributed by atoms with Crippen LogP contribution < -0.4 is 0 Å². The van der Waals surface area contributed by atoms with Gasteiger partial charge in [0.15, 0.2) is 0 Å². The van der Waals surface area contributed by atoms with E-state index in [0.717, 1.165) is 38.6 Å². The molecular weight excluding hydrogens is 262 g/mol. The van der Waals surface area contributed by atoms with Gasteiger partial charge in [-0.3, -0.25) is 4.79 Å². The lowest BCUT2D eigenvalue weighted by atomic mass is 9.98. The van der Waals surface area contributed by atoms with Crippen LogP contribution in [-0.4, -0.2) is 28.6 Å². The summed E-state index contributed by atoms with van der Waals surface area (Å²) < 4.78 is 0. The minimum Gasteiger partial charge on any atom is -0.392 e. The highest BCUT2D eigenvalue weighted by Crippen LogP contribution is 2.36. The lowest BCUT2D eigenvalue weighted by Crippen LogP contribution is -2.38. The molecule has 3 nitrogen and oxygen atoms in total. The molecule has 0 bridgehead atoms. The van der Waals surface area contributed by atoms with E-state index in [-0.39, 0.29) is 17.9 Å². The second-order valence-electron chi connectivity index (χ2n) is 6.64. The van der Waals surface area contributed by atoms with Gasteiger partial charge in [-0.1, -0.05) is 18.2 Å². The molecule has 3 unspecified atom stereocenters. The van der Waals surface area contributed by atoms with Crippen molar-refractivity contribution < 1.29 is 9.90 Å². The van der Waals surface area contributed by atoms with E-state index in [9.17, 15) is 9.90 Å². The Balaban J connectivity index is 1.81. The van der Waals surface area contributed by atoms with Crippen molar-refractivity contribution in [1.82, 2.24) is 4.90 Å². The fourth-order valence-corrected chi connectivity index (χ4v) is 3.79. The number of carbonyl (C=O) groups excluding carboxylic acids is 1. The number of hydrogen-bond acceptors (Lipinski definition) is 2. The molecule has 0 spiro atoms. The molecule has 2 fully saturated rings. The monoisotopic (exact) mass is 287 g/mol. The number of nitrogens with zero attached hydrogens (tertiary/aromatic N) is 1. The van der Waals surface area contributed by atoms with E-state index in [1.165, 1.54) is 16.7 Å². The molecule has 1 aromatic carbocycles. The van der Waals surface area contributed by atoms with Crippen LogP contribution in [0.25, 0.3) is 0 Å². The van der Waals surface area contributed by atoms with E-state index < -0.39 is 6.10 Å². The van der Waals surface area contributed by atoms with Crippen molar-refractivity contribution >= 4 is 5.91 Å². The Labute approximate surface area is 127 Å². The highest BCUT2D eigenvalue weighted by atomic mass is 16.3. The first-order valence-corrected chi connectivity index (χ1v) is 8.13. The van der Waals surface area contributed by atoms with Crippen LogP contribution in [0.5, 0.6) is 0 Å². The third-order valence-corrected chi connectivity index (χ3v) is 5.25. The fraction of sp³-hybridized carbons (Fsp3) is 0.611. The second kappa shape index (κ2) is 5.80. The maximum Gasteiger partial charge on any atom is 0.228 e. The van der Waals surface area contributed by atoms with Gasteiger partial charge in [-0.05, 0) is 62.6 Å². The summed E-state index contributed by atoms with van der Waals surface area (Å²) in [5.41, 5.74) is 3.82. The Bertz CT molecular complexity index is 540. The van der Waals surface area contributed by atoms with Gasteiger partial charge in [-0.25, -0.2) is 0 Å². The molecular formula is C18H25NO2. The molecule has 1 aliphatic heterocycles. The first-order chi connectivity index (χ1) is 10.1. The minimum atomic E-state index is -0.432. The van der Waals surface area contributed by atoms with Crippen LogP contribution in [-0.2, 0) is 4.79 Å². The van der Waals surface area contributed by atoms with E-state index in [2.05, 4.69) is 32.0 Å². The van der Waals surface area contributed by atoms with Crippen LogP contribution in [0.1, 0.15) is 54.8 Å². The lowest BCUT2D eigenvalue weighted by molar-refractivity contribution is -0.139. The highest BCUT2D eigenvalue weighted by molar-refractivity contribution is 5.80. The van der Waals surface area contributed by atoms with Gasteiger partial charge in [0, 0.05) is 6.54 Å². The number of aliphatic hydroxyl groups excluding tert-OH is 1. The summed E-state index contributed by atoms with van der Waals surface area (Å²) in [7, 11) is 0. The predicted molar refractivity (Wildman–Crippen MR) is 83.0 cm³/mol. The van der Waals surface area contributed by atoms with Crippen LogP contribution in [0.2, 0.25) is 0 Å². The molecule has 1 heterocycles. The van der Waals surface area contributed by atoms with Crippen molar-refractivity contribution in [2.75, 3.05) is 6.54 Å². The summed E-state index contributed by atoms with van der Waals surface area (Å²) in [6.07, 6.45) is 4.26. The van der Waals surface area contributed by atoms with E-state index in [0.29, 0.717) is 0 Å². The second-order valence-corrected chi connectivity index (χ2v) is 6.64. The largest absolute Gasteiger partial charge is 0.392 e. The van der Waals surface area contributed by atoms with Gasteiger partial charge in [0.1, 0.15) is 0 Å². The Morgan fingerprint density at radius 1 is 1.14 bits per heavy atom. The number of aryl methyl sites for hydroxylation is 2. The maximum absolute atomic E-state index is 12.8. The average molecular weight is 287 g/mol. The summed E-state index contributed by atoms with van der Waals surface area (Å²) >= 11 is 0. The Hall–Kier alpha value is -1.35. The molecule has 2 aliphatic rings. The van der Waals surface area contributed by atoms with Crippen LogP contribution in [0.15, 0.2) is 18.2 Å². The van der Waals surface area contributed by atoms with Gasteiger partial charge in [-0.2, -0.15) is 0 Å². The number of carbonyl (C=O) groups is 1. The first-order valence-electron chi connectivity index (χ1n) is 8.13. The molecule has 3 atom stereocenters. The summed E-state index contributed by atoms with van der Waals surface area (Å²) in [5.74, 6) is -0.00197. The highest BCUT2D eigenvalue weighted by Gasteiger charge is 2.38. The lowest BCUT2D eigenvalue weighted by Gasteiger charge is -2.29. The third-order valence-electron chi connectivity index (χ3n) is 5.25. The minimum absolute atomic E-state index is 0.167. The normalized spacial score (nSPS) is 29.1. The van der Waals surface area contributed by atoms with Crippen LogP contribution in [0, 0.1) is 19.8 Å². The van der Waals surface area contributed by atoms with Crippen molar-refractivity contribution in [1.29, 1.82) is 0 Å². The quantitative estimate of drug-likeness (QED) is 0.908. The molecule has 0 aromatic heterocycles. The van der Waals surface area contributed by atoms with Crippen molar-refractivity contribution in [2.45, 2.75) is 58.1 Å². The van der Waals surface area contributed by atoms with Gasteiger partial charge >= 0.3 is 0 Å². The standard InChI is InChI=1S/C18H25NO2/c1-12-8-9-14(11-13(12)2)16-6-4-10-19(16)18(21)15-5-3-7-17(15)20/h8-9,11,15-17,20H,3-7,10H2,1-2H3. The zero-order valence-electron chi connectivity index (χ0n) is 13.0. The van der Waals surface area contributed by atoms with Crippen LogP contribution in [0.3, 0.4) is 0 Å². The van der Waals surface area contributed by atoms with Gasteiger partial charge in [0.05, 0.1) is 18.1 Å². The molecule has 21 heavy (non-hydrogen) atoms. The molecule has 0 radical (unpaired) electrons. The van der Waals surface area contributed by atoms with Crippen LogP contribution in [0.4, 0.5) is 0 Å². The smallest absolute Gasteiger partial charge is 0.228 e. The van der Waals surface area contributed by atoms with Crippen molar-refractivity contribution in [3.8, 4) is 0 Å². The van der Waals surface area contributed by atoms with E-state index in [1.807, 2.05) is 4.90 Å². The number of rotatable bonds is 2. The molecule has 1 N–H and O–H groups in total. The molecule has 114 valence electrons. The van der Waals surface area contributed by atoms with E-state index in [1.54, 1.807) is 0 Å². The van der Waals surface area contributed by atoms with E-state index >= 15 is 0 Å². The van der Waals surface area contributed by atoms with Crippen LogP contribution >= 0.6 is 0 Å². The van der Waals surface area contributed by atoms with Gasteiger partial charge in [0.25, 0.3) is 0 Å². The zero-order chi connectivity index (χ0) is 15.0. The van der Waals surface area contributed by atoms with Crippen molar-refractivity contribution in [2.24, 2.45) is 5.92 Å². The van der Waals surface area contributed by atoms with Gasteiger partial charge in [0.2, 0.25) is 5.91 Å². The molecule has 3 heteroatoms. The van der Waals surface area contributed by atoms with Crippen molar-refractivity contribution in [3.05, 3.63) is 34.9 Å².